The van der Waals surface area contributed by atoms with Crippen molar-refractivity contribution in [2.75, 3.05) is 7.11 Å². The lowest BCUT2D eigenvalue weighted by Crippen LogP contribution is -2.04. The van der Waals surface area contributed by atoms with E-state index in [1.54, 1.807) is 30.0 Å². The molecule has 1 aromatic heterocycles. The van der Waals surface area contributed by atoms with Gasteiger partial charge >= 0.3 is 0 Å². The van der Waals surface area contributed by atoms with Gasteiger partial charge in [-0.05, 0) is 31.2 Å². The van der Waals surface area contributed by atoms with Crippen LogP contribution in [0, 0.1) is 6.92 Å². The lowest BCUT2D eigenvalue weighted by atomic mass is 10.2. The highest BCUT2D eigenvalue weighted by molar-refractivity contribution is 5.80. The van der Waals surface area contributed by atoms with Gasteiger partial charge in [0.15, 0.2) is 6.29 Å². The standard InChI is InChI=1S/C14H16N2O3/c1-10-6-12(16(2)15-10)9-19-14-5-4-13(18-3)7-11(14)8-17/h4-8H,9H2,1-3H3. The maximum absolute atomic E-state index is 11.0. The van der Waals surface area contributed by atoms with E-state index in [1.165, 1.54) is 0 Å². The van der Waals surface area contributed by atoms with Crippen molar-refractivity contribution in [3.8, 4) is 11.5 Å². The molecule has 0 N–H and O–H groups in total. The van der Waals surface area contributed by atoms with Crippen LogP contribution in [0.1, 0.15) is 21.7 Å². The minimum Gasteiger partial charge on any atom is -0.497 e. The van der Waals surface area contributed by atoms with E-state index in [-0.39, 0.29) is 0 Å². The molecule has 0 atom stereocenters. The molecule has 0 saturated carbocycles. The number of aromatic nitrogens is 2. The zero-order chi connectivity index (χ0) is 13.8. The Morgan fingerprint density at radius 2 is 2.16 bits per heavy atom. The molecule has 0 amide bonds. The number of aldehydes is 1. The van der Waals surface area contributed by atoms with Gasteiger partial charge in [0.25, 0.3) is 0 Å². The lowest BCUT2D eigenvalue weighted by molar-refractivity contribution is 0.111. The first-order valence-corrected chi connectivity index (χ1v) is 5.89. The number of benzene rings is 1. The molecule has 1 heterocycles. The molecule has 0 bridgehead atoms. The molecule has 0 unspecified atom stereocenters. The summed E-state index contributed by atoms with van der Waals surface area (Å²) in [6.07, 6.45) is 0.756. The van der Waals surface area contributed by atoms with Gasteiger partial charge in [0.05, 0.1) is 24.1 Å². The van der Waals surface area contributed by atoms with Crippen molar-refractivity contribution in [2.45, 2.75) is 13.5 Å². The van der Waals surface area contributed by atoms with Crippen molar-refractivity contribution in [3.63, 3.8) is 0 Å². The fourth-order valence-electron chi connectivity index (χ4n) is 1.83. The Morgan fingerprint density at radius 1 is 1.37 bits per heavy atom. The second-order valence-electron chi connectivity index (χ2n) is 4.21. The van der Waals surface area contributed by atoms with E-state index in [2.05, 4.69) is 5.10 Å². The van der Waals surface area contributed by atoms with Gasteiger partial charge in [0.1, 0.15) is 18.1 Å². The summed E-state index contributed by atoms with van der Waals surface area (Å²) in [5, 5.41) is 4.24. The smallest absolute Gasteiger partial charge is 0.153 e. The highest BCUT2D eigenvalue weighted by Gasteiger charge is 2.07. The molecular weight excluding hydrogens is 244 g/mol. The molecule has 0 fully saturated rings. The van der Waals surface area contributed by atoms with Crippen molar-refractivity contribution in [3.05, 3.63) is 41.2 Å². The zero-order valence-electron chi connectivity index (χ0n) is 11.2. The van der Waals surface area contributed by atoms with Gasteiger partial charge in [-0.15, -0.1) is 0 Å². The highest BCUT2D eigenvalue weighted by Crippen LogP contribution is 2.23. The average Bonchev–Trinajstić information content (AvgIpc) is 2.74. The summed E-state index contributed by atoms with van der Waals surface area (Å²) in [6.45, 7) is 2.29. The molecule has 1 aromatic carbocycles. The summed E-state index contributed by atoms with van der Waals surface area (Å²) in [5.74, 6) is 1.17. The van der Waals surface area contributed by atoms with Crippen LogP contribution in [-0.2, 0) is 13.7 Å². The Hall–Kier alpha value is -2.30. The second-order valence-corrected chi connectivity index (χ2v) is 4.21. The summed E-state index contributed by atoms with van der Waals surface area (Å²) in [4.78, 5) is 11.0. The third kappa shape index (κ3) is 2.93. The molecule has 2 aromatic rings. The van der Waals surface area contributed by atoms with E-state index >= 15 is 0 Å². The van der Waals surface area contributed by atoms with Crippen LogP contribution in [0.15, 0.2) is 24.3 Å². The molecule has 0 radical (unpaired) electrons. The van der Waals surface area contributed by atoms with Crippen molar-refractivity contribution in [1.29, 1.82) is 0 Å². The van der Waals surface area contributed by atoms with E-state index in [0.717, 1.165) is 17.7 Å². The van der Waals surface area contributed by atoms with Crippen molar-refractivity contribution in [1.82, 2.24) is 9.78 Å². The van der Waals surface area contributed by atoms with Crippen LogP contribution in [0.25, 0.3) is 0 Å². The molecule has 5 heteroatoms. The number of carbonyl (C=O) groups excluding carboxylic acids is 1. The number of ether oxygens (including phenoxy) is 2. The number of carbonyl (C=O) groups is 1. The average molecular weight is 260 g/mol. The number of hydrogen-bond acceptors (Lipinski definition) is 4. The maximum Gasteiger partial charge on any atom is 0.153 e. The SMILES string of the molecule is COc1ccc(OCc2cc(C)nn2C)c(C=O)c1. The molecular formula is C14H16N2O3. The Morgan fingerprint density at radius 3 is 2.74 bits per heavy atom. The first-order valence-electron chi connectivity index (χ1n) is 5.89. The molecule has 5 nitrogen and oxygen atoms in total. The topological polar surface area (TPSA) is 53.4 Å². The third-order valence-electron chi connectivity index (χ3n) is 2.82. The van der Waals surface area contributed by atoms with E-state index in [1.807, 2.05) is 20.0 Å². The lowest BCUT2D eigenvalue weighted by Gasteiger charge is -2.09. The minimum atomic E-state index is 0.366. The van der Waals surface area contributed by atoms with E-state index in [9.17, 15) is 4.79 Å². The first-order chi connectivity index (χ1) is 9.13. The van der Waals surface area contributed by atoms with Gasteiger partial charge in [-0.1, -0.05) is 0 Å². The van der Waals surface area contributed by atoms with Gasteiger partial charge in [0, 0.05) is 7.05 Å². The second kappa shape index (κ2) is 5.56. The summed E-state index contributed by atoms with van der Waals surface area (Å²) in [6, 6.07) is 7.09. The van der Waals surface area contributed by atoms with Crippen LogP contribution in [0.5, 0.6) is 11.5 Å². The maximum atomic E-state index is 11.0. The molecule has 0 spiro atoms. The van der Waals surface area contributed by atoms with Crippen LogP contribution in [-0.4, -0.2) is 23.2 Å². The highest BCUT2D eigenvalue weighted by atomic mass is 16.5. The number of nitrogens with zero attached hydrogens (tertiary/aromatic N) is 2. The zero-order valence-corrected chi connectivity index (χ0v) is 11.2. The van der Waals surface area contributed by atoms with Crippen molar-refractivity contribution < 1.29 is 14.3 Å². The van der Waals surface area contributed by atoms with E-state index < -0.39 is 0 Å². The molecule has 0 aliphatic rings. The largest absolute Gasteiger partial charge is 0.497 e. The summed E-state index contributed by atoms with van der Waals surface area (Å²) in [5.41, 5.74) is 2.36. The Kier molecular flexibility index (Phi) is 3.85. The first kappa shape index (κ1) is 13.1. The minimum absolute atomic E-state index is 0.366. The van der Waals surface area contributed by atoms with Gasteiger partial charge < -0.3 is 9.47 Å². The summed E-state index contributed by atoms with van der Waals surface area (Å²) in [7, 11) is 3.42. The van der Waals surface area contributed by atoms with Crippen LogP contribution in [0.3, 0.4) is 0 Å². The van der Waals surface area contributed by atoms with Gasteiger partial charge in [-0.25, -0.2) is 0 Å². The number of aryl methyl sites for hydroxylation is 2. The fourth-order valence-corrected chi connectivity index (χ4v) is 1.83. The molecule has 0 aliphatic carbocycles. The number of rotatable bonds is 5. The normalized spacial score (nSPS) is 10.3. The summed E-state index contributed by atoms with van der Waals surface area (Å²) >= 11 is 0. The van der Waals surface area contributed by atoms with Crippen molar-refractivity contribution >= 4 is 6.29 Å². The van der Waals surface area contributed by atoms with Crippen molar-refractivity contribution in [2.24, 2.45) is 7.05 Å². The molecule has 0 saturated heterocycles. The molecule has 0 aliphatic heterocycles. The fraction of sp³-hybridized carbons (Fsp3) is 0.286. The predicted octanol–water partition coefficient (Wildman–Crippen LogP) is 2.13. The van der Waals surface area contributed by atoms with E-state index in [0.29, 0.717) is 23.7 Å². The molecule has 100 valence electrons. The molecule has 19 heavy (non-hydrogen) atoms. The number of hydrogen-bond donors (Lipinski definition) is 0. The quantitative estimate of drug-likeness (QED) is 0.773. The number of methoxy groups -OCH3 is 1. The third-order valence-corrected chi connectivity index (χ3v) is 2.82. The Labute approximate surface area is 111 Å². The Balaban J connectivity index is 2.15. The van der Waals surface area contributed by atoms with Gasteiger partial charge in [-0.3, -0.25) is 9.48 Å². The summed E-state index contributed by atoms with van der Waals surface area (Å²) < 4.78 is 12.5. The van der Waals surface area contributed by atoms with Gasteiger partial charge in [-0.2, -0.15) is 5.10 Å². The van der Waals surface area contributed by atoms with Gasteiger partial charge in [0.2, 0.25) is 0 Å². The van der Waals surface area contributed by atoms with Crippen LogP contribution in [0.4, 0.5) is 0 Å². The van der Waals surface area contributed by atoms with Crippen LogP contribution < -0.4 is 9.47 Å². The van der Waals surface area contributed by atoms with Crippen LogP contribution in [0.2, 0.25) is 0 Å². The molecule has 2 rings (SSSR count). The van der Waals surface area contributed by atoms with Crippen LogP contribution >= 0.6 is 0 Å². The predicted molar refractivity (Wildman–Crippen MR) is 70.7 cm³/mol. The Bertz CT molecular complexity index is 590. The monoisotopic (exact) mass is 260 g/mol. The van der Waals surface area contributed by atoms with E-state index in [4.69, 9.17) is 9.47 Å².